The molecule has 0 fully saturated rings. The zero-order chi connectivity index (χ0) is 9.68. The van der Waals surface area contributed by atoms with Crippen LogP contribution in [0.15, 0.2) is 18.2 Å². The van der Waals surface area contributed by atoms with Crippen molar-refractivity contribution in [1.82, 2.24) is 4.98 Å². The molecule has 4 nitrogen and oxygen atoms in total. The van der Waals surface area contributed by atoms with E-state index >= 15 is 0 Å². The molecular weight excluding hydrogens is 168 g/mol. The lowest BCUT2D eigenvalue weighted by Gasteiger charge is -2.09. The Morgan fingerprint density at radius 3 is 3.00 bits per heavy atom. The molecule has 0 spiro atoms. The molecule has 1 amide bonds. The molecular formula is C9H12N2O2. The van der Waals surface area contributed by atoms with Crippen molar-refractivity contribution in [2.75, 3.05) is 18.6 Å². The lowest BCUT2D eigenvalue weighted by molar-refractivity contribution is -0.107. The lowest BCUT2D eigenvalue weighted by Crippen LogP contribution is -2.15. The fraction of sp³-hybridized carbons (Fsp3) is 0.333. The fourth-order valence-electron chi connectivity index (χ4n) is 0.971. The van der Waals surface area contributed by atoms with Gasteiger partial charge in [0, 0.05) is 25.8 Å². The molecule has 0 atom stereocenters. The summed E-state index contributed by atoms with van der Waals surface area (Å²) in [5, 5.41) is 8.68. The molecule has 0 radical (unpaired) electrons. The van der Waals surface area contributed by atoms with Crippen molar-refractivity contribution in [3.05, 3.63) is 23.9 Å². The van der Waals surface area contributed by atoms with Gasteiger partial charge in [0.15, 0.2) is 0 Å². The fourth-order valence-corrected chi connectivity index (χ4v) is 0.971. The molecule has 1 heterocycles. The maximum Gasteiger partial charge on any atom is 0.215 e. The van der Waals surface area contributed by atoms with Crippen LogP contribution in [-0.2, 0) is 11.2 Å². The van der Waals surface area contributed by atoms with Crippen LogP contribution < -0.4 is 4.90 Å². The Labute approximate surface area is 76.8 Å². The van der Waals surface area contributed by atoms with Gasteiger partial charge in [0.2, 0.25) is 6.41 Å². The first-order chi connectivity index (χ1) is 6.27. The van der Waals surface area contributed by atoms with Gasteiger partial charge in [-0.05, 0) is 12.1 Å². The highest BCUT2D eigenvalue weighted by Gasteiger charge is 2.00. The van der Waals surface area contributed by atoms with Gasteiger partial charge >= 0.3 is 0 Å². The van der Waals surface area contributed by atoms with Crippen molar-refractivity contribution in [2.24, 2.45) is 0 Å². The number of carbonyl (C=O) groups excluding carboxylic acids is 1. The van der Waals surface area contributed by atoms with Gasteiger partial charge in [-0.25, -0.2) is 4.98 Å². The van der Waals surface area contributed by atoms with Gasteiger partial charge in [0.05, 0.1) is 0 Å². The standard InChI is InChI=1S/C9H12N2O2/c1-11(7-13)9-4-2-3-8(10-9)5-6-12/h2-4,7,12H,5-6H2,1H3. The van der Waals surface area contributed by atoms with Crippen molar-refractivity contribution in [1.29, 1.82) is 0 Å². The minimum Gasteiger partial charge on any atom is -0.396 e. The van der Waals surface area contributed by atoms with Crippen molar-refractivity contribution in [3.8, 4) is 0 Å². The SMILES string of the molecule is CN(C=O)c1cccc(CCO)n1. The zero-order valence-corrected chi connectivity index (χ0v) is 7.47. The molecule has 1 aromatic heterocycles. The second-order valence-corrected chi connectivity index (χ2v) is 2.68. The third kappa shape index (κ3) is 2.52. The number of amides is 1. The lowest BCUT2D eigenvalue weighted by atomic mass is 10.3. The molecule has 0 unspecified atom stereocenters. The summed E-state index contributed by atoms with van der Waals surface area (Å²) >= 11 is 0. The van der Waals surface area contributed by atoms with E-state index < -0.39 is 0 Å². The Hall–Kier alpha value is -1.42. The Bertz CT molecular complexity index is 289. The number of nitrogens with zero attached hydrogens (tertiary/aromatic N) is 2. The van der Waals surface area contributed by atoms with Crippen LogP contribution >= 0.6 is 0 Å². The molecule has 13 heavy (non-hydrogen) atoms. The van der Waals surface area contributed by atoms with E-state index in [2.05, 4.69) is 4.98 Å². The summed E-state index contributed by atoms with van der Waals surface area (Å²) in [6, 6.07) is 5.38. The Morgan fingerprint density at radius 2 is 2.38 bits per heavy atom. The minimum atomic E-state index is 0.0707. The molecule has 0 aliphatic heterocycles. The van der Waals surface area contributed by atoms with Crippen molar-refractivity contribution in [2.45, 2.75) is 6.42 Å². The first kappa shape index (κ1) is 9.67. The van der Waals surface area contributed by atoms with E-state index in [1.807, 2.05) is 12.1 Å². The average molecular weight is 180 g/mol. The largest absolute Gasteiger partial charge is 0.396 e. The molecule has 1 rings (SSSR count). The molecule has 0 aliphatic carbocycles. The number of hydrogen-bond donors (Lipinski definition) is 1. The summed E-state index contributed by atoms with van der Waals surface area (Å²) in [5.41, 5.74) is 0.786. The molecule has 4 heteroatoms. The van der Waals surface area contributed by atoms with Crippen LogP contribution in [-0.4, -0.2) is 30.2 Å². The van der Waals surface area contributed by atoms with Gasteiger partial charge in [0.1, 0.15) is 5.82 Å². The number of aliphatic hydroxyl groups excluding tert-OH is 1. The summed E-state index contributed by atoms with van der Waals surface area (Å²) < 4.78 is 0. The van der Waals surface area contributed by atoms with Crippen LogP contribution in [0, 0.1) is 0 Å². The number of aromatic nitrogens is 1. The van der Waals surface area contributed by atoms with E-state index in [0.29, 0.717) is 18.6 Å². The molecule has 0 aliphatic rings. The van der Waals surface area contributed by atoms with Gasteiger partial charge < -0.3 is 10.0 Å². The van der Waals surface area contributed by atoms with E-state index in [1.165, 1.54) is 4.90 Å². The van der Waals surface area contributed by atoms with Crippen molar-refractivity contribution < 1.29 is 9.90 Å². The predicted molar refractivity (Wildman–Crippen MR) is 49.5 cm³/mol. The summed E-state index contributed by atoms with van der Waals surface area (Å²) in [6.07, 6.45) is 1.21. The van der Waals surface area contributed by atoms with Crippen LogP contribution in [0.1, 0.15) is 5.69 Å². The maximum absolute atomic E-state index is 10.4. The summed E-state index contributed by atoms with van der Waals surface area (Å²) in [7, 11) is 1.64. The predicted octanol–water partition coefficient (Wildman–Crippen LogP) is 0.209. The smallest absolute Gasteiger partial charge is 0.215 e. The van der Waals surface area contributed by atoms with Gasteiger partial charge in [0.25, 0.3) is 0 Å². The molecule has 0 bridgehead atoms. The highest BCUT2D eigenvalue weighted by atomic mass is 16.3. The number of pyridine rings is 1. The molecule has 0 saturated heterocycles. The van der Waals surface area contributed by atoms with Crippen LogP contribution in [0.3, 0.4) is 0 Å². The number of aliphatic hydroxyl groups is 1. The maximum atomic E-state index is 10.4. The average Bonchev–Trinajstić information content (AvgIpc) is 2.18. The molecule has 70 valence electrons. The first-order valence-electron chi connectivity index (χ1n) is 4.03. The zero-order valence-electron chi connectivity index (χ0n) is 7.47. The summed E-state index contributed by atoms with van der Waals surface area (Å²) in [4.78, 5) is 16.0. The molecule has 1 N–H and O–H groups in total. The Kier molecular flexibility index (Phi) is 3.40. The molecule has 0 aromatic carbocycles. The van der Waals surface area contributed by atoms with Crippen LogP contribution in [0.2, 0.25) is 0 Å². The second kappa shape index (κ2) is 4.57. The molecule has 0 saturated carbocycles. The normalized spacial score (nSPS) is 9.69. The highest BCUT2D eigenvalue weighted by molar-refractivity contribution is 5.71. The van der Waals surface area contributed by atoms with Gasteiger partial charge in [-0.2, -0.15) is 0 Å². The number of hydrogen-bond acceptors (Lipinski definition) is 3. The van der Waals surface area contributed by atoms with Crippen molar-refractivity contribution >= 4 is 12.2 Å². The molecule has 1 aromatic rings. The Balaban J connectivity index is 2.84. The van der Waals surface area contributed by atoms with Crippen LogP contribution in [0.5, 0.6) is 0 Å². The van der Waals surface area contributed by atoms with E-state index in [4.69, 9.17) is 5.11 Å². The third-order valence-corrected chi connectivity index (χ3v) is 1.68. The topological polar surface area (TPSA) is 53.4 Å². The van der Waals surface area contributed by atoms with Gasteiger partial charge in [-0.1, -0.05) is 6.07 Å². The third-order valence-electron chi connectivity index (χ3n) is 1.68. The number of rotatable bonds is 4. The summed E-state index contributed by atoms with van der Waals surface area (Å²) in [5.74, 6) is 0.598. The first-order valence-corrected chi connectivity index (χ1v) is 4.03. The summed E-state index contributed by atoms with van der Waals surface area (Å²) in [6.45, 7) is 0.0707. The van der Waals surface area contributed by atoms with E-state index in [0.717, 1.165) is 5.69 Å². The van der Waals surface area contributed by atoms with Gasteiger partial charge in [-0.15, -0.1) is 0 Å². The Morgan fingerprint density at radius 1 is 1.62 bits per heavy atom. The number of carbonyl (C=O) groups is 1. The van der Waals surface area contributed by atoms with E-state index in [9.17, 15) is 4.79 Å². The second-order valence-electron chi connectivity index (χ2n) is 2.68. The monoisotopic (exact) mass is 180 g/mol. The van der Waals surface area contributed by atoms with Gasteiger partial charge in [-0.3, -0.25) is 4.79 Å². The van der Waals surface area contributed by atoms with E-state index in [-0.39, 0.29) is 6.61 Å². The highest BCUT2D eigenvalue weighted by Crippen LogP contribution is 2.07. The van der Waals surface area contributed by atoms with E-state index in [1.54, 1.807) is 13.1 Å². The van der Waals surface area contributed by atoms with Crippen LogP contribution in [0.4, 0.5) is 5.82 Å². The van der Waals surface area contributed by atoms with Crippen molar-refractivity contribution in [3.63, 3.8) is 0 Å². The quantitative estimate of drug-likeness (QED) is 0.674. The number of anilines is 1. The minimum absolute atomic E-state index is 0.0707. The van der Waals surface area contributed by atoms with Crippen LogP contribution in [0.25, 0.3) is 0 Å².